The number of aromatic nitrogens is 2. The van der Waals surface area contributed by atoms with Gasteiger partial charge in [-0.25, -0.2) is 4.98 Å². The Morgan fingerprint density at radius 1 is 1.36 bits per heavy atom. The molecule has 0 saturated carbocycles. The number of thioether (sulfide) groups is 1. The Hall–Kier alpha value is -1.80. The fourth-order valence-corrected chi connectivity index (χ4v) is 3.12. The van der Waals surface area contributed by atoms with E-state index in [1.54, 1.807) is 16.3 Å². The van der Waals surface area contributed by atoms with Crippen molar-refractivity contribution in [2.45, 2.75) is 44.8 Å². The van der Waals surface area contributed by atoms with Gasteiger partial charge in [0.25, 0.3) is 5.56 Å². The Labute approximate surface area is 135 Å². The second kappa shape index (κ2) is 8.00. The highest BCUT2D eigenvalue weighted by Crippen LogP contribution is 2.20. The van der Waals surface area contributed by atoms with Crippen LogP contribution in [0.1, 0.15) is 33.1 Å². The number of fused-ring (bicyclic) bond motifs is 1. The summed E-state index contributed by atoms with van der Waals surface area (Å²) in [4.78, 5) is 17.4. The SMILES string of the molecule is CC(C)CCn1c(SCCCC#N)nc2ccccc2c1=O. The highest BCUT2D eigenvalue weighted by molar-refractivity contribution is 7.99. The summed E-state index contributed by atoms with van der Waals surface area (Å²) in [5.41, 5.74) is 0.783. The lowest BCUT2D eigenvalue weighted by atomic mass is 10.1. The molecule has 0 radical (unpaired) electrons. The minimum absolute atomic E-state index is 0.0361. The average molecular weight is 315 g/mol. The van der Waals surface area contributed by atoms with E-state index in [9.17, 15) is 4.79 Å². The molecule has 1 aromatic heterocycles. The van der Waals surface area contributed by atoms with E-state index in [1.165, 1.54) is 0 Å². The van der Waals surface area contributed by atoms with Crippen molar-refractivity contribution in [1.82, 2.24) is 9.55 Å². The molecule has 0 bridgehead atoms. The highest BCUT2D eigenvalue weighted by atomic mass is 32.2. The lowest BCUT2D eigenvalue weighted by molar-refractivity contribution is 0.481. The third-order valence-electron chi connectivity index (χ3n) is 3.42. The van der Waals surface area contributed by atoms with Gasteiger partial charge in [0.05, 0.1) is 17.0 Å². The minimum Gasteiger partial charge on any atom is -0.287 e. The first-order chi connectivity index (χ1) is 10.6. The van der Waals surface area contributed by atoms with Crippen LogP contribution in [-0.2, 0) is 6.54 Å². The zero-order valence-corrected chi connectivity index (χ0v) is 13.9. The van der Waals surface area contributed by atoms with Gasteiger partial charge in [-0.15, -0.1) is 0 Å². The zero-order valence-electron chi connectivity index (χ0n) is 13.1. The summed E-state index contributed by atoms with van der Waals surface area (Å²) < 4.78 is 1.79. The van der Waals surface area contributed by atoms with E-state index >= 15 is 0 Å². The van der Waals surface area contributed by atoms with Gasteiger partial charge < -0.3 is 0 Å². The van der Waals surface area contributed by atoms with E-state index in [2.05, 4.69) is 24.9 Å². The number of nitrogens with zero attached hydrogens (tertiary/aromatic N) is 3. The summed E-state index contributed by atoms with van der Waals surface area (Å²) in [5.74, 6) is 1.34. The maximum Gasteiger partial charge on any atom is 0.262 e. The van der Waals surface area contributed by atoms with Crippen molar-refractivity contribution in [2.24, 2.45) is 5.92 Å². The molecule has 22 heavy (non-hydrogen) atoms. The summed E-state index contributed by atoms with van der Waals surface area (Å²) in [6, 6.07) is 9.63. The Morgan fingerprint density at radius 3 is 2.86 bits per heavy atom. The van der Waals surface area contributed by atoms with Crippen LogP contribution in [0, 0.1) is 17.2 Å². The van der Waals surface area contributed by atoms with E-state index in [4.69, 9.17) is 5.26 Å². The first-order valence-corrected chi connectivity index (χ1v) is 8.61. The lowest BCUT2D eigenvalue weighted by Gasteiger charge is -2.14. The second-order valence-electron chi connectivity index (χ2n) is 5.66. The molecule has 0 amide bonds. The molecule has 0 fully saturated rings. The number of hydrogen-bond acceptors (Lipinski definition) is 4. The monoisotopic (exact) mass is 315 g/mol. The molecule has 0 saturated heterocycles. The third-order valence-corrected chi connectivity index (χ3v) is 4.48. The maximum atomic E-state index is 12.7. The Balaban J connectivity index is 2.35. The topological polar surface area (TPSA) is 58.7 Å². The first kappa shape index (κ1) is 16.6. The van der Waals surface area contributed by atoms with Crippen molar-refractivity contribution >= 4 is 22.7 Å². The molecular weight excluding hydrogens is 294 g/mol. The molecule has 5 heteroatoms. The van der Waals surface area contributed by atoms with E-state index in [1.807, 2.05) is 24.3 Å². The molecule has 0 aliphatic heterocycles. The number of rotatable bonds is 7. The van der Waals surface area contributed by atoms with Crippen LogP contribution in [0.5, 0.6) is 0 Å². The standard InChI is InChI=1S/C17H21N3OS/c1-13(2)9-11-20-16(21)14-7-3-4-8-15(14)19-17(20)22-12-6-5-10-18/h3-4,7-8,13H,5-6,9,11-12H2,1-2H3. The van der Waals surface area contributed by atoms with Crippen LogP contribution in [0.15, 0.2) is 34.2 Å². The molecule has 0 unspecified atom stereocenters. The molecule has 4 nitrogen and oxygen atoms in total. The van der Waals surface area contributed by atoms with E-state index in [0.717, 1.165) is 29.3 Å². The smallest absolute Gasteiger partial charge is 0.262 e. The maximum absolute atomic E-state index is 12.7. The number of para-hydroxylation sites is 1. The molecule has 2 aromatic rings. The molecule has 0 atom stereocenters. The summed E-state index contributed by atoms with van der Waals surface area (Å²) in [6.07, 6.45) is 2.30. The molecule has 0 N–H and O–H groups in total. The third kappa shape index (κ3) is 4.11. The molecule has 0 aliphatic rings. The number of nitriles is 1. The summed E-state index contributed by atoms with van der Waals surface area (Å²) in [6.45, 7) is 4.99. The number of hydrogen-bond donors (Lipinski definition) is 0. The predicted molar refractivity (Wildman–Crippen MR) is 91.0 cm³/mol. The molecule has 0 spiro atoms. The Morgan fingerprint density at radius 2 is 2.14 bits per heavy atom. The average Bonchev–Trinajstić information content (AvgIpc) is 2.51. The van der Waals surface area contributed by atoms with Gasteiger partial charge in [-0.2, -0.15) is 5.26 Å². The normalized spacial score (nSPS) is 11.0. The van der Waals surface area contributed by atoms with Gasteiger partial charge in [0.1, 0.15) is 0 Å². The van der Waals surface area contributed by atoms with Gasteiger partial charge in [-0.1, -0.05) is 37.7 Å². The quantitative estimate of drug-likeness (QED) is 0.442. The van der Waals surface area contributed by atoms with Gasteiger partial charge >= 0.3 is 0 Å². The largest absolute Gasteiger partial charge is 0.287 e. The molecule has 1 heterocycles. The van der Waals surface area contributed by atoms with Crippen molar-refractivity contribution in [2.75, 3.05) is 5.75 Å². The van der Waals surface area contributed by atoms with Crippen LogP contribution < -0.4 is 5.56 Å². The molecule has 2 rings (SSSR count). The Bertz CT molecular complexity index is 731. The molecule has 116 valence electrons. The van der Waals surface area contributed by atoms with Crippen molar-refractivity contribution in [3.63, 3.8) is 0 Å². The summed E-state index contributed by atoms with van der Waals surface area (Å²) >= 11 is 1.57. The van der Waals surface area contributed by atoms with Crippen LogP contribution in [0.25, 0.3) is 10.9 Å². The van der Waals surface area contributed by atoms with Gasteiger partial charge in [0.2, 0.25) is 0 Å². The van der Waals surface area contributed by atoms with Crippen molar-refractivity contribution in [3.05, 3.63) is 34.6 Å². The highest BCUT2D eigenvalue weighted by Gasteiger charge is 2.11. The first-order valence-electron chi connectivity index (χ1n) is 7.63. The second-order valence-corrected chi connectivity index (χ2v) is 6.72. The summed E-state index contributed by atoms with van der Waals surface area (Å²) in [7, 11) is 0. The van der Waals surface area contributed by atoms with Gasteiger partial charge in [0.15, 0.2) is 5.16 Å². The molecule has 0 aliphatic carbocycles. The van der Waals surface area contributed by atoms with Crippen LogP contribution >= 0.6 is 11.8 Å². The molecule has 1 aromatic carbocycles. The fraction of sp³-hybridized carbons (Fsp3) is 0.471. The predicted octanol–water partition coefficient (Wildman–Crippen LogP) is 3.84. The van der Waals surface area contributed by atoms with E-state index in [-0.39, 0.29) is 5.56 Å². The van der Waals surface area contributed by atoms with Gasteiger partial charge in [-0.3, -0.25) is 9.36 Å². The number of benzene rings is 1. The van der Waals surface area contributed by atoms with Crippen LogP contribution in [0.2, 0.25) is 0 Å². The van der Waals surface area contributed by atoms with Gasteiger partial charge in [-0.05, 0) is 30.9 Å². The van der Waals surface area contributed by atoms with Crippen molar-refractivity contribution in [1.29, 1.82) is 5.26 Å². The summed E-state index contributed by atoms with van der Waals surface area (Å²) in [5, 5.41) is 10.1. The van der Waals surface area contributed by atoms with Crippen LogP contribution in [0.3, 0.4) is 0 Å². The van der Waals surface area contributed by atoms with Crippen molar-refractivity contribution in [3.8, 4) is 6.07 Å². The number of unbranched alkanes of at least 4 members (excludes halogenated alkanes) is 1. The molecular formula is C17H21N3OS. The van der Waals surface area contributed by atoms with E-state index < -0.39 is 0 Å². The van der Waals surface area contributed by atoms with Crippen LogP contribution in [-0.4, -0.2) is 15.3 Å². The Kier molecular flexibility index (Phi) is 6.02. The van der Waals surface area contributed by atoms with Crippen LogP contribution in [0.4, 0.5) is 0 Å². The fourth-order valence-electron chi connectivity index (χ4n) is 2.16. The van der Waals surface area contributed by atoms with E-state index in [0.29, 0.717) is 24.3 Å². The zero-order chi connectivity index (χ0) is 15.9. The van der Waals surface area contributed by atoms with Gasteiger partial charge in [0, 0.05) is 18.7 Å². The minimum atomic E-state index is 0.0361. The lowest BCUT2D eigenvalue weighted by Crippen LogP contribution is -2.24. The van der Waals surface area contributed by atoms with Crippen molar-refractivity contribution < 1.29 is 0 Å².